The molecule has 5 heteroatoms. The molecular weight excluding hydrogens is 254 g/mol. The molecule has 1 N–H and O–H groups in total. The summed E-state index contributed by atoms with van der Waals surface area (Å²) in [6.45, 7) is 6.20. The number of aryl methyl sites for hydroxylation is 1. The van der Waals surface area contributed by atoms with Gasteiger partial charge < -0.3 is 14.6 Å². The summed E-state index contributed by atoms with van der Waals surface area (Å²) in [6, 6.07) is 5.58. The van der Waals surface area contributed by atoms with Crippen molar-refractivity contribution in [1.82, 2.24) is 14.5 Å². The molecule has 20 heavy (non-hydrogen) atoms. The number of fused-ring (bicyclic) bond motifs is 1. The van der Waals surface area contributed by atoms with Crippen molar-refractivity contribution in [1.29, 1.82) is 0 Å². The highest BCUT2D eigenvalue weighted by Crippen LogP contribution is 2.15. The van der Waals surface area contributed by atoms with Gasteiger partial charge in [-0.25, -0.2) is 9.78 Å². The maximum atomic E-state index is 11.0. The number of nitrogens with zero attached hydrogens (tertiary/aromatic N) is 3. The van der Waals surface area contributed by atoms with Crippen LogP contribution in [0.3, 0.4) is 0 Å². The smallest absolute Gasteiger partial charge is 0.335 e. The molecule has 1 aromatic carbocycles. The van der Waals surface area contributed by atoms with Crippen molar-refractivity contribution >= 4 is 17.0 Å². The van der Waals surface area contributed by atoms with E-state index < -0.39 is 5.97 Å². The number of hydrogen-bond acceptors (Lipinski definition) is 3. The minimum Gasteiger partial charge on any atom is -0.478 e. The second-order valence-corrected chi connectivity index (χ2v) is 5.37. The molecule has 0 fully saturated rings. The molecule has 108 valence electrons. The maximum Gasteiger partial charge on any atom is 0.335 e. The standard InChI is InChI=1S/C15H21N3O2/c1-11(2)17(3)7-4-8-18-10-16-13-6-5-12(15(19)20)9-14(13)18/h5-6,9-11H,4,7-8H2,1-3H3,(H,19,20). The molecule has 0 aliphatic rings. The van der Waals surface area contributed by atoms with Gasteiger partial charge in [0.25, 0.3) is 0 Å². The fourth-order valence-corrected chi connectivity index (χ4v) is 2.12. The molecule has 0 saturated carbocycles. The van der Waals surface area contributed by atoms with Gasteiger partial charge in [-0.05, 0) is 52.1 Å². The first kappa shape index (κ1) is 14.5. The Morgan fingerprint density at radius 3 is 2.85 bits per heavy atom. The number of carboxylic acids is 1. The van der Waals surface area contributed by atoms with Crippen molar-refractivity contribution in [2.24, 2.45) is 0 Å². The number of benzene rings is 1. The van der Waals surface area contributed by atoms with Gasteiger partial charge in [-0.2, -0.15) is 0 Å². The molecule has 0 spiro atoms. The summed E-state index contributed by atoms with van der Waals surface area (Å²) in [5, 5.41) is 9.05. The van der Waals surface area contributed by atoms with Crippen LogP contribution in [0.1, 0.15) is 30.6 Å². The van der Waals surface area contributed by atoms with Crippen LogP contribution in [0.2, 0.25) is 0 Å². The van der Waals surface area contributed by atoms with Gasteiger partial charge in [0.15, 0.2) is 0 Å². The predicted octanol–water partition coefficient (Wildman–Crippen LogP) is 2.46. The van der Waals surface area contributed by atoms with E-state index in [1.165, 1.54) is 0 Å². The van der Waals surface area contributed by atoms with Crippen molar-refractivity contribution in [3.05, 3.63) is 30.1 Å². The van der Waals surface area contributed by atoms with Crippen LogP contribution in [0.15, 0.2) is 24.5 Å². The highest BCUT2D eigenvalue weighted by atomic mass is 16.4. The molecule has 0 aliphatic heterocycles. The second kappa shape index (κ2) is 6.05. The number of hydrogen-bond donors (Lipinski definition) is 1. The first-order valence-corrected chi connectivity index (χ1v) is 6.87. The highest BCUT2D eigenvalue weighted by molar-refractivity contribution is 5.92. The summed E-state index contributed by atoms with van der Waals surface area (Å²) in [4.78, 5) is 17.6. The van der Waals surface area contributed by atoms with E-state index in [1.807, 2.05) is 4.57 Å². The molecule has 0 saturated heterocycles. The summed E-state index contributed by atoms with van der Waals surface area (Å²) in [6.07, 6.45) is 2.79. The van der Waals surface area contributed by atoms with E-state index >= 15 is 0 Å². The van der Waals surface area contributed by atoms with Crippen molar-refractivity contribution in [3.8, 4) is 0 Å². The van der Waals surface area contributed by atoms with Crippen molar-refractivity contribution in [3.63, 3.8) is 0 Å². The SMILES string of the molecule is CC(C)N(C)CCCn1cnc2ccc(C(=O)O)cc21. The summed E-state index contributed by atoms with van der Waals surface area (Å²) in [5.74, 6) is -0.904. The van der Waals surface area contributed by atoms with E-state index in [4.69, 9.17) is 5.11 Å². The third kappa shape index (κ3) is 3.17. The van der Waals surface area contributed by atoms with Crippen LogP contribution in [0.5, 0.6) is 0 Å². The molecule has 1 aromatic heterocycles. The van der Waals surface area contributed by atoms with E-state index in [1.54, 1.807) is 24.5 Å². The Bertz CT molecular complexity index is 604. The summed E-state index contributed by atoms with van der Waals surface area (Å²) < 4.78 is 2.02. The quantitative estimate of drug-likeness (QED) is 0.880. The fourth-order valence-electron chi connectivity index (χ4n) is 2.12. The van der Waals surface area contributed by atoms with E-state index in [2.05, 4.69) is 30.8 Å². The molecule has 0 bridgehead atoms. The normalized spacial score (nSPS) is 11.7. The van der Waals surface area contributed by atoms with Crippen LogP contribution in [-0.4, -0.2) is 45.2 Å². The van der Waals surface area contributed by atoms with E-state index in [9.17, 15) is 4.79 Å². The minimum absolute atomic E-state index is 0.304. The van der Waals surface area contributed by atoms with Crippen molar-refractivity contribution in [2.45, 2.75) is 32.9 Å². The molecule has 2 aromatic rings. The van der Waals surface area contributed by atoms with Gasteiger partial charge in [-0.3, -0.25) is 0 Å². The Kier molecular flexibility index (Phi) is 4.39. The van der Waals surface area contributed by atoms with Gasteiger partial charge in [0.2, 0.25) is 0 Å². The minimum atomic E-state index is -0.904. The monoisotopic (exact) mass is 275 g/mol. The zero-order chi connectivity index (χ0) is 14.7. The van der Waals surface area contributed by atoms with E-state index in [0.717, 1.165) is 30.5 Å². The Morgan fingerprint density at radius 2 is 2.20 bits per heavy atom. The maximum absolute atomic E-state index is 11.0. The van der Waals surface area contributed by atoms with Gasteiger partial charge in [0, 0.05) is 12.6 Å². The number of aromatic carboxylic acids is 1. The Balaban J connectivity index is 2.10. The summed E-state index contributed by atoms with van der Waals surface area (Å²) in [5.41, 5.74) is 2.03. The topological polar surface area (TPSA) is 58.4 Å². The Hall–Kier alpha value is -1.88. The third-order valence-corrected chi connectivity index (χ3v) is 3.66. The lowest BCUT2D eigenvalue weighted by atomic mass is 10.2. The summed E-state index contributed by atoms with van der Waals surface area (Å²) >= 11 is 0. The van der Waals surface area contributed by atoms with Crippen LogP contribution in [0, 0.1) is 0 Å². The van der Waals surface area contributed by atoms with Crippen LogP contribution < -0.4 is 0 Å². The fraction of sp³-hybridized carbons (Fsp3) is 0.467. The zero-order valence-corrected chi connectivity index (χ0v) is 12.2. The lowest BCUT2D eigenvalue weighted by molar-refractivity contribution is 0.0697. The second-order valence-electron chi connectivity index (χ2n) is 5.37. The molecule has 2 rings (SSSR count). The lowest BCUT2D eigenvalue weighted by Gasteiger charge is -2.20. The molecular formula is C15H21N3O2. The number of rotatable bonds is 6. The van der Waals surface area contributed by atoms with Crippen molar-refractivity contribution in [2.75, 3.05) is 13.6 Å². The van der Waals surface area contributed by atoms with Gasteiger partial charge in [-0.1, -0.05) is 0 Å². The Morgan fingerprint density at radius 1 is 1.45 bits per heavy atom. The average Bonchev–Trinajstić information content (AvgIpc) is 2.81. The number of carbonyl (C=O) groups is 1. The molecule has 0 aliphatic carbocycles. The summed E-state index contributed by atoms with van der Waals surface area (Å²) in [7, 11) is 2.11. The first-order chi connectivity index (χ1) is 9.49. The van der Waals surface area contributed by atoms with Gasteiger partial charge in [0.05, 0.1) is 22.9 Å². The zero-order valence-electron chi connectivity index (χ0n) is 12.2. The largest absolute Gasteiger partial charge is 0.478 e. The van der Waals surface area contributed by atoms with Crippen LogP contribution in [0.25, 0.3) is 11.0 Å². The Labute approximate surface area is 118 Å². The number of aromatic nitrogens is 2. The molecule has 1 heterocycles. The van der Waals surface area contributed by atoms with Crippen molar-refractivity contribution < 1.29 is 9.90 Å². The lowest BCUT2D eigenvalue weighted by Crippen LogP contribution is -2.27. The molecule has 0 amide bonds. The van der Waals surface area contributed by atoms with Gasteiger partial charge in [0.1, 0.15) is 0 Å². The van der Waals surface area contributed by atoms with E-state index in [0.29, 0.717) is 11.6 Å². The molecule has 5 nitrogen and oxygen atoms in total. The van der Waals surface area contributed by atoms with Crippen LogP contribution in [0.4, 0.5) is 0 Å². The average molecular weight is 275 g/mol. The molecule has 0 unspecified atom stereocenters. The third-order valence-electron chi connectivity index (χ3n) is 3.66. The number of carboxylic acid groups (broad SMARTS) is 1. The van der Waals surface area contributed by atoms with E-state index in [-0.39, 0.29) is 0 Å². The van der Waals surface area contributed by atoms with Crippen LogP contribution in [-0.2, 0) is 6.54 Å². The predicted molar refractivity (Wildman–Crippen MR) is 79.1 cm³/mol. The van der Waals surface area contributed by atoms with Gasteiger partial charge >= 0.3 is 5.97 Å². The molecule has 0 radical (unpaired) electrons. The molecule has 0 atom stereocenters. The number of imidazole rings is 1. The highest BCUT2D eigenvalue weighted by Gasteiger charge is 2.08. The van der Waals surface area contributed by atoms with Gasteiger partial charge in [-0.15, -0.1) is 0 Å². The van der Waals surface area contributed by atoms with Crippen LogP contribution >= 0.6 is 0 Å². The first-order valence-electron chi connectivity index (χ1n) is 6.87.